The first-order valence-electron chi connectivity index (χ1n) is 26.4. The lowest BCUT2D eigenvalue weighted by molar-refractivity contribution is -0.167. The topological polar surface area (TPSA) is 78.9 Å². The number of carbonyl (C=O) groups excluding carboxylic acids is 3. The van der Waals surface area contributed by atoms with Gasteiger partial charge in [0.05, 0.1) is 0 Å². The normalized spacial score (nSPS) is 12.6. The van der Waals surface area contributed by atoms with Crippen LogP contribution in [-0.2, 0) is 28.6 Å². The van der Waals surface area contributed by atoms with Crippen LogP contribution in [0.2, 0.25) is 0 Å². The van der Waals surface area contributed by atoms with Crippen LogP contribution in [0.25, 0.3) is 0 Å². The van der Waals surface area contributed by atoms with Crippen molar-refractivity contribution in [3.63, 3.8) is 0 Å². The maximum Gasteiger partial charge on any atom is 0.306 e. The molecule has 0 aromatic heterocycles. The van der Waals surface area contributed by atoms with Gasteiger partial charge in [0.1, 0.15) is 13.2 Å². The van der Waals surface area contributed by atoms with E-state index in [2.05, 4.69) is 93.7 Å². The van der Waals surface area contributed by atoms with E-state index < -0.39 is 6.10 Å². The maximum absolute atomic E-state index is 12.7. The lowest BCUT2D eigenvalue weighted by Gasteiger charge is -2.18. The van der Waals surface area contributed by atoms with Crippen LogP contribution in [0.1, 0.15) is 252 Å². The molecule has 6 heteroatoms. The van der Waals surface area contributed by atoms with Gasteiger partial charge in [0, 0.05) is 19.3 Å². The van der Waals surface area contributed by atoms with E-state index in [-0.39, 0.29) is 31.1 Å². The van der Waals surface area contributed by atoms with Crippen molar-refractivity contribution < 1.29 is 28.6 Å². The Labute approximate surface area is 389 Å². The van der Waals surface area contributed by atoms with Gasteiger partial charge in [0.15, 0.2) is 6.10 Å². The molecule has 0 aromatic carbocycles. The average molecular weight is 879 g/mol. The van der Waals surface area contributed by atoms with Crippen molar-refractivity contribution in [1.82, 2.24) is 0 Å². The van der Waals surface area contributed by atoms with Gasteiger partial charge >= 0.3 is 17.9 Å². The summed E-state index contributed by atoms with van der Waals surface area (Å²) >= 11 is 0. The Morgan fingerprint density at radius 3 is 0.968 bits per heavy atom. The molecule has 1 atom stereocenters. The SMILES string of the molecule is CC/C=C\C/C=C\C/C=C\C/C=C\C/C=C\C/C=C\CCCCC(=O)OCC(COC(=O)CCCCCCC)OC(=O)CCCCCCCCCCCCCCCCCCCCC. The summed E-state index contributed by atoms with van der Waals surface area (Å²) in [6, 6.07) is 0. The van der Waals surface area contributed by atoms with Crippen LogP contribution in [0.5, 0.6) is 0 Å². The van der Waals surface area contributed by atoms with E-state index in [0.717, 1.165) is 103 Å². The van der Waals surface area contributed by atoms with Crippen molar-refractivity contribution in [3.05, 3.63) is 72.9 Å². The molecule has 0 N–H and O–H groups in total. The molecular formula is C57H98O6. The number of esters is 3. The average Bonchev–Trinajstić information content (AvgIpc) is 3.28. The lowest BCUT2D eigenvalue weighted by atomic mass is 10.0. The van der Waals surface area contributed by atoms with E-state index in [0.29, 0.717) is 19.3 Å². The fraction of sp³-hybridized carbons (Fsp3) is 0.737. The Bertz CT molecular complexity index is 1190. The fourth-order valence-electron chi connectivity index (χ4n) is 7.27. The highest BCUT2D eigenvalue weighted by atomic mass is 16.6. The summed E-state index contributed by atoms with van der Waals surface area (Å²) < 4.78 is 16.6. The van der Waals surface area contributed by atoms with Gasteiger partial charge in [-0.15, -0.1) is 0 Å². The Hall–Kier alpha value is -3.15. The second-order valence-corrected chi connectivity index (χ2v) is 17.4. The molecule has 1 unspecified atom stereocenters. The second-order valence-electron chi connectivity index (χ2n) is 17.4. The molecule has 0 aliphatic heterocycles. The van der Waals surface area contributed by atoms with Crippen LogP contribution in [0.4, 0.5) is 0 Å². The van der Waals surface area contributed by atoms with Gasteiger partial charge in [-0.3, -0.25) is 14.4 Å². The minimum Gasteiger partial charge on any atom is -0.462 e. The quantitative estimate of drug-likeness (QED) is 0.0262. The first kappa shape index (κ1) is 59.9. The molecule has 0 saturated carbocycles. The molecule has 0 aliphatic rings. The number of ether oxygens (including phenoxy) is 3. The van der Waals surface area contributed by atoms with E-state index >= 15 is 0 Å². The van der Waals surface area contributed by atoms with Gasteiger partial charge in [0.25, 0.3) is 0 Å². The predicted octanol–water partition coefficient (Wildman–Crippen LogP) is 17.4. The summed E-state index contributed by atoms with van der Waals surface area (Å²) in [7, 11) is 0. The molecule has 0 bridgehead atoms. The summed E-state index contributed by atoms with van der Waals surface area (Å²) in [5.41, 5.74) is 0. The number of hydrogen-bond donors (Lipinski definition) is 0. The summed E-state index contributed by atoms with van der Waals surface area (Å²) in [5.74, 6) is -0.943. The highest BCUT2D eigenvalue weighted by Crippen LogP contribution is 2.16. The molecule has 0 spiro atoms. The monoisotopic (exact) mass is 879 g/mol. The van der Waals surface area contributed by atoms with Crippen molar-refractivity contribution in [2.75, 3.05) is 13.2 Å². The van der Waals surface area contributed by atoms with Gasteiger partial charge in [0.2, 0.25) is 0 Å². The van der Waals surface area contributed by atoms with Crippen molar-refractivity contribution in [2.45, 2.75) is 258 Å². The first-order valence-corrected chi connectivity index (χ1v) is 26.4. The number of allylic oxidation sites excluding steroid dienone is 12. The molecule has 0 radical (unpaired) electrons. The smallest absolute Gasteiger partial charge is 0.306 e. The molecular weight excluding hydrogens is 781 g/mol. The standard InChI is InChI=1S/C57H98O6/c1-4-7-10-13-15-17-19-21-23-25-27-28-30-31-33-35-37-39-41-44-47-50-56(59)62-53-54(52-61-55(58)49-46-43-12-9-6-3)63-57(60)51-48-45-42-40-38-36-34-32-29-26-24-22-20-18-16-14-11-8-5-2/h7,10,15,17,21,23,27-28,31,33,37,39,54H,4-6,8-9,11-14,16,18-20,22,24-26,29-30,32,34-36,38,40-53H2,1-3H3/b10-7-,17-15-,23-21-,28-27-,33-31-,39-37-. The van der Waals surface area contributed by atoms with E-state index in [1.807, 2.05) is 0 Å². The lowest BCUT2D eigenvalue weighted by Crippen LogP contribution is -2.30. The van der Waals surface area contributed by atoms with Crippen molar-refractivity contribution in [2.24, 2.45) is 0 Å². The first-order chi connectivity index (χ1) is 31.0. The fourth-order valence-corrected chi connectivity index (χ4v) is 7.27. The highest BCUT2D eigenvalue weighted by molar-refractivity contribution is 5.71. The molecule has 0 heterocycles. The van der Waals surface area contributed by atoms with Crippen LogP contribution in [0.3, 0.4) is 0 Å². The van der Waals surface area contributed by atoms with Gasteiger partial charge < -0.3 is 14.2 Å². The molecule has 6 nitrogen and oxygen atoms in total. The Kier molecular flexibility index (Phi) is 48.9. The van der Waals surface area contributed by atoms with Gasteiger partial charge in [-0.1, -0.05) is 235 Å². The predicted molar refractivity (Wildman–Crippen MR) is 270 cm³/mol. The van der Waals surface area contributed by atoms with Crippen LogP contribution < -0.4 is 0 Å². The molecule has 0 aromatic rings. The van der Waals surface area contributed by atoms with E-state index in [1.54, 1.807) is 0 Å². The Balaban J connectivity index is 4.22. The number of carbonyl (C=O) groups is 3. The van der Waals surface area contributed by atoms with E-state index in [9.17, 15) is 14.4 Å². The van der Waals surface area contributed by atoms with Gasteiger partial charge in [-0.25, -0.2) is 0 Å². The minimum atomic E-state index is -0.787. The van der Waals surface area contributed by atoms with Crippen molar-refractivity contribution >= 4 is 17.9 Å². The third kappa shape index (κ3) is 49.7. The van der Waals surface area contributed by atoms with Crippen LogP contribution >= 0.6 is 0 Å². The van der Waals surface area contributed by atoms with Crippen molar-refractivity contribution in [3.8, 4) is 0 Å². The molecule has 63 heavy (non-hydrogen) atoms. The number of hydrogen-bond acceptors (Lipinski definition) is 6. The number of rotatable bonds is 47. The Morgan fingerprint density at radius 2 is 0.619 bits per heavy atom. The van der Waals surface area contributed by atoms with Crippen molar-refractivity contribution in [1.29, 1.82) is 0 Å². The summed E-state index contributed by atoms with van der Waals surface area (Å²) in [6.45, 7) is 6.42. The number of unbranched alkanes of at least 4 members (excludes halogenated alkanes) is 24. The zero-order valence-electron chi connectivity index (χ0n) is 41.3. The zero-order chi connectivity index (χ0) is 45.8. The molecule has 362 valence electrons. The summed E-state index contributed by atoms with van der Waals surface area (Å²) in [4.78, 5) is 37.7. The summed E-state index contributed by atoms with van der Waals surface area (Å²) in [6.07, 6.45) is 65.0. The van der Waals surface area contributed by atoms with E-state index in [4.69, 9.17) is 14.2 Å². The highest BCUT2D eigenvalue weighted by Gasteiger charge is 2.19. The van der Waals surface area contributed by atoms with Gasteiger partial charge in [-0.2, -0.15) is 0 Å². The van der Waals surface area contributed by atoms with Crippen LogP contribution in [0, 0.1) is 0 Å². The van der Waals surface area contributed by atoms with Crippen LogP contribution in [-0.4, -0.2) is 37.2 Å². The molecule has 0 amide bonds. The minimum absolute atomic E-state index is 0.0886. The second kappa shape index (κ2) is 51.5. The molecule has 0 rings (SSSR count). The summed E-state index contributed by atoms with van der Waals surface area (Å²) in [5, 5.41) is 0. The third-order valence-electron chi connectivity index (χ3n) is 11.2. The molecule has 0 aliphatic carbocycles. The largest absolute Gasteiger partial charge is 0.462 e. The molecule has 0 fully saturated rings. The van der Waals surface area contributed by atoms with Crippen LogP contribution in [0.15, 0.2) is 72.9 Å². The maximum atomic E-state index is 12.7. The van der Waals surface area contributed by atoms with E-state index in [1.165, 1.54) is 109 Å². The third-order valence-corrected chi connectivity index (χ3v) is 11.2. The zero-order valence-corrected chi connectivity index (χ0v) is 41.3. The molecule has 0 saturated heterocycles. The van der Waals surface area contributed by atoms with Gasteiger partial charge in [-0.05, 0) is 70.6 Å². The Morgan fingerprint density at radius 1 is 0.333 bits per heavy atom.